The van der Waals surface area contributed by atoms with Crippen LogP contribution in [0.3, 0.4) is 0 Å². The van der Waals surface area contributed by atoms with Crippen molar-refractivity contribution in [1.82, 2.24) is 14.8 Å². The maximum atomic E-state index is 5.13. The predicted octanol–water partition coefficient (Wildman–Crippen LogP) is 2.96. The molecule has 1 aromatic heterocycles. The van der Waals surface area contributed by atoms with Crippen LogP contribution in [0.15, 0.2) is 35.7 Å². The second-order valence-corrected chi connectivity index (χ2v) is 6.83. The lowest BCUT2D eigenvalue weighted by Crippen LogP contribution is -2.46. The molecule has 0 radical (unpaired) electrons. The summed E-state index contributed by atoms with van der Waals surface area (Å²) in [5.74, 6) is 0. The van der Waals surface area contributed by atoms with Crippen LogP contribution in [0.4, 0.5) is 0 Å². The fraction of sp³-hybridized carbons (Fsp3) is 0.500. The lowest BCUT2D eigenvalue weighted by Gasteiger charge is -2.34. The largest absolute Gasteiger partial charge is 0.385 e. The zero-order valence-electron chi connectivity index (χ0n) is 13.8. The highest BCUT2D eigenvalue weighted by molar-refractivity contribution is 7.13. The van der Waals surface area contributed by atoms with Crippen molar-refractivity contribution in [2.45, 2.75) is 13.0 Å². The SMILES string of the molecule is COCCCN1CCN(Cc2csc(-c3ccccc3)n2)CC1. The number of rotatable bonds is 7. The Morgan fingerprint density at radius 3 is 2.57 bits per heavy atom. The molecule has 124 valence electrons. The van der Waals surface area contributed by atoms with Gasteiger partial charge in [-0.3, -0.25) is 4.90 Å². The standard InChI is InChI=1S/C18H25N3OS/c1-22-13-5-8-20-9-11-21(12-10-20)14-17-15-23-18(19-17)16-6-3-2-4-7-16/h2-4,6-7,15H,5,8-14H2,1H3. The molecule has 0 atom stereocenters. The number of hydrogen-bond donors (Lipinski definition) is 0. The van der Waals surface area contributed by atoms with E-state index in [2.05, 4.69) is 39.4 Å². The zero-order chi connectivity index (χ0) is 15.9. The summed E-state index contributed by atoms with van der Waals surface area (Å²) in [7, 11) is 1.77. The molecule has 1 saturated heterocycles. The average Bonchev–Trinajstić information content (AvgIpc) is 3.06. The third-order valence-electron chi connectivity index (χ3n) is 4.25. The van der Waals surface area contributed by atoms with Crippen molar-refractivity contribution >= 4 is 11.3 Å². The van der Waals surface area contributed by atoms with Gasteiger partial charge in [-0.1, -0.05) is 30.3 Å². The van der Waals surface area contributed by atoms with Crippen molar-refractivity contribution in [2.75, 3.05) is 46.4 Å². The minimum Gasteiger partial charge on any atom is -0.385 e. The molecule has 0 aliphatic carbocycles. The van der Waals surface area contributed by atoms with Gasteiger partial charge in [0, 0.05) is 63.9 Å². The van der Waals surface area contributed by atoms with Gasteiger partial charge in [-0.05, 0) is 6.42 Å². The van der Waals surface area contributed by atoms with Crippen molar-refractivity contribution in [3.05, 3.63) is 41.4 Å². The number of benzene rings is 1. The highest BCUT2D eigenvalue weighted by Gasteiger charge is 2.17. The second-order valence-electron chi connectivity index (χ2n) is 5.97. The summed E-state index contributed by atoms with van der Waals surface area (Å²) in [4.78, 5) is 9.85. The predicted molar refractivity (Wildman–Crippen MR) is 95.8 cm³/mol. The third-order valence-corrected chi connectivity index (χ3v) is 5.19. The van der Waals surface area contributed by atoms with Gasteiger partial charge >= 0.3 is 0 Å². The normalized spacial score (nSPS) is 16.7. The Balaban J connectivity index is 1.47. The molecular weight excluding hydrogens is 306 g/mol. The number of piperazine rings is 1. The maximum Gasteiger partial charge on any atom is 0.123 e. The van der Waals surface area contributed by atoms with Gasteiger partial charge in [-0.15, -0.1) is 11.3 Å². The van der Waals surface area contributed by atoms with Gasteiger partial charge in [0.25, 0.3) is 0 Å². The highest BCUT2D eigenvalue weighted by Crippen LogP contribution is 2.24. The van der Waals surface area contributed by atoms with Crippen LogP contribution in [0.1, 0.15) is 12.1 Å². The van der Waals surface area contributed by atoms with E-state index in [9.17, 15) is 0 Å². The second kappa shape index (κ2) is 8.55. The van der Waals surface area contributed by atoms with Crippen LogP contribution < -0.4 is 0 Å². The summed E-state index contributed by atoms with van der Waals surface area (Å²) < 4.78 is 5.13. The Hall–Kier alpha value is -1.27. The van der Waals surface area contributed by atoms with E-state index in [0.29, 0.717) is 0 Å². The molecule has 23 heavy (non-hydrogen) atoms. The molecule has 0 amide bonds. The Labute approximate surface area is 142 Å². The van der Waals surface area contributed by atoms with Crippen molar-refractivity contribution < 1.29 is 4.74 Å². The smallest absolute Gasteiger partial charge is 0.123 e. The average molecular weight is 331 g/mol. The first kappa shape index (κ1) is 16.6. The van der Waals surface area contributed by atoms with E-state index in [4.69, 9.17) is 9.72 Å². The van der Waals surface area contributed by atoms with E-state index in [1.165, 1.54) is 11.3 Å². The van der Waals surface area contributed by atoms with Crippen molar-refractivity contribution in [3.8, 4) is 10.6 Å². The lowest BCUT2D eigenvalue weighted by atomic mass is 10.2. The van der Waals surface area contributed by atoms with Crippen LogP contribution in [0.2, 0.25) is 0 Å². The minimum atomic E-state index is 0.862. The monoisotopic (exact) mass is 331 g/mol. The van der Waals surface area contributed by atoms with E-state index < -0.39 is 0 Å². The van der Waals surface area contributed by atoms with Crippen molar-refractivity contribution in [1.29, 1.82) is 0 Å². The zero-order valence-corrected chi connectivity index (χ0v) is 14.6. The minimum absolute atomic E-state index is 0.862. The lowest BCUT2D eigenvalue weighted by molar-refractivity contribution is 0.112. The van der Waals surface area contributed by atoms with Crippen LogP contribution >= 0.6 is 11.3 Å². The number of hydrogen-bond acceptors (Lipinski definition) is 5. The number of methoxy groups -OCH3 is 1. The Kier molecular flexibility index (Phi) is 6.16. The Morgan fingerprint density at radius 1 is 1.09 bits per heavy atom. The molecule has 0 N–H and O–H groups in total. The summed E-state index contributed by atoms with van der Waals surface area (Å²) in [5, 5.41) is 3.33. The molecule has 1 aliphatic heterocycles. The molecule has 2 heterocycles. The summed E-state index contributed by atoms with van der Waals surface area (Å²) in [6.07, 6.45) is 1.13. The molecule has 0 saturated carbocycles. The summed E-state index contributed by atoms with van der Waals surface area (Å²) >= 11 is 1.74. The van der Waals surface area contributed by atoms with Gasteiger partial charge in [0.15, 0.2) is 0 Å². The highest BCUT2D eigenvalue weighted by atomic mass is 32.1. The van der Waals surface area contributed by atoms with E-state index in [1.54, 1.807) is 18.4 Å². The van der Waals surface area contributed by atoms with E-state index >= 15 is 0 Å². The van der Waals surface area contributed by atoms with Crippen LogP contribution in [0.25, 0.3) is 10.6 Å². The third kappa shape index (κ3) is 4.85. The molecule has 1 aliphatic rings. The maximum absolute atomic E-state index is 5.13. The van der Waals surface area contributed by atoms with Crippen LogP contribution in [0, 0.1) is 0 Å². The quantitative estimate of drug-likeness (QED) is 0.729. The van der Waals surface area contributed by atoms with Gasteiger partial charge in [-0.2, -0.15) is 0 Å². The number of aromatic nitrogens is 1. The van der Waals surface area contributed by atoms with E-state index in [-0.39, 0.29) is 0 Å². The van der Waals surface area contributed by atoms with Gasteiger partial charge in [0.2, 0.25) is 0 Å². The first-order chi connectivity index (χ1) is 11.3. The van der Waals surface area contributed by atoms with Crippen molar-refractivity contribution in [2.24, 2.45) is 0 Å². The molecule has 1 aromatic carbocycles. The Bertz CT molecular complexity index is 579. The molecule has 0 bridgehead atoms. The van der Waals surface area contributed by atoms with Crippen LogP contribution in [-0.4, -0.2) is 61.2 Å². The molecule has 2 aromatic rings. The number of nitrogens with zero attached hydrogens (tertiary/aromatic N) is 3. The molecule has 1 fully saturated rings. The molecular formula is C18H25N3OS. The molecule has 5 heteroatoms. The fourth-order valence-electron chi connectivity index (χ4n) is 2.93. The topological polar surface area (TPSA) is 28.6 Å². The van der Waals surface area contributed by atoms with Gasteiger partial charge in [0.05, 0.1) is 5.69 Å². The summed E-state index contributed by atoms with van der Waals surface area (Å²) in [6, 6.07) is 10.4. The number of thiazole rings is 1. The number of ether oxygens (including phenoxy) is 1. The molecule has 0 unspecified atom stereocenters. The van der Waals surface area contributed by atoms with Gasteiger partial charge in [0.1, 0.15) is 5.01 Å². The summed E-state index contributed by atoms with van der Waals surface area (Å²) in [5.41, 5.74) is 2.41. The van der Waals surface area contributed by atoms with E-state index in [1.807, 2.05) is 6.07 Å². The molecule has 4 nitrogen and oxygen atoms in total. The molecule has 3 rings (SSSR count). The van der Waals surface area contributed by atoms with E-state index in [0.717, 1.165) is 57.3 Å². The van der Waals surface area contributed by atoms with Crippen LogP contribution in [-0.2, 0) is 11.3 Å². The Morgan fingerprint density at radius 2 is 1.83 bits per heavy atom. The first-order valence-electron chi connectivity index (χ1n) is 8.28. The van der Waals surface area contributed by atoms with Crippen molar-refractivity contribution in [3.63, 3.8) is 0 Å². The summed E-state index contributed by atoms with van der Waals surface area (Å²) in [6.45, 7) is 7.54. The van der Waals surface area contributed by atoms with Crippen LogP contribution in [0.5, 0.6) is 0 Å². The van der Waals surface area contributed by atoms with Gasteiger partial charge in [-0.25, -0.2) is 4.98 Å². The fourth-order valence-corrected chi connectivity index (χ4v) is 3.74. The first-order valence-corrected chi connectivity index (χ1v) is 9.16. The molecule has 0 spiro atoms. The van der Waals surface area contributed by atoms with Gasteiger partial charge < -0.3 is 9.64 Å².